The maximum absolute atomic E-state index is 13.2. The van der Waals surface area contributed by atoms with E-state index >= 15 is 0 Å². The molecule has 0 spiro atoms. The Hall–Kier alpha value is -1.01. The fraction of sp³-hybridized carbons (Fsp3) is 0.579. The summed E-state index contributed by atoms with van der Waals surface area (Å²) in [7, 11) is 0. The standard InChI is InChI=1S/C14H17FN2OS.2C2H6.CH4S/c1-8-6-10(4-5-11(8)15)17-13(18)12-9(2)7-16-14(12)19-3;3*1-2/h4-6,9,12H,7H2,1-3H3,(H,17,18);2*1-2H3;2H,1H3. The van der Waals surface area contributed by atoms with Crippen LogP contribution < -0.4 is 5.32 Å². The molecular formula is C19H33FN2OS2. The molecule has 1 amide bonds. The predicted molar refractivity (Wildman–Crippen MR) is 116 cm³/mol. The molecule has 1 aliphatic rings. The molecule has 2 atom stereocenters. The van der Waals surface area contributed by atoms with E-state index in [-0.39, 0.29) is 23.6 Å². The molecule has 0 saturated carbocycles. The number of hydrogen-bond donors (Lipinski definition) is 2. The van der Waals surface area contributed by atoms with E-state index in [1.165, 1.54) is 17.8 Å². The van der Waals surface area contributed by atoms with Gasteiger partial charge in [-0.3, -0.25) is 9.79 Å². The minimum atomic E-state index is -0.265. The number of benzene rings is 1. The van der Waals surface area contributed by atoms with Gasteiger partial charge in [-0.2, -0.15) is 12.6 Å². The van der Waals surface area contributed by atoms with Gasteiger partial charge in [0.2, 0.25) is 5.91 Å². The molecule has 1 aromatic rings. The summed E-state index contributed by atoms with van der Waals surface area (Å²) in [5.74, 6) is -0.313. The molecule has 6 heteroatoms. The quantitative estimate of drug-likeness (QED) is 0.638. The number of carbonyl (C=O) groups is 1. The molecule has 1 aromatic carbocycles. The van der Waals surface area contributed by atoms with Crippen molar-refractivity contribution in [3.63, 3.8) is 0 Å². The van der Waals surface area contributed by atoms with Crippen LogP contribution in [0.15, 0.2) is 23.2 Å². The number of anilines is 1. The van der Waals surface area contributed by atoms with Crippen molar-refractivity contribution in [2.45, 2.75) is 41.5 Å². The Morgan fingerprint density at radius 1 is 1.28 bits per heavy atom. The van der Waals surface area contributed by atoms with Crippen molar-refractivity contribution in [1.29, 1.82) is 0 Å². The Labute approximate surface area is 162 Å². The Balaban J connectivity index is 0. The van der Waals surface area contributed by atoms with E-state index in [9.17, 15) is 9.18 Å². The zero-order valence-corrected chi connectivity index (χ0v) is 18.4. The largest absolute Gasteiger partial charge is 0.325 e. The van der Waals surface area contributed by atoms with Crippen LogP contribution in [0.1, 0.15) is 40.2 Å². The van der Waals surface area contributed by atoms with Gasteiger partial charge < -0.3 is 5.32 Å². The lowest BCUT2D eigenvalue weighted by molar-refractivity contribution is -0.118. The van der Waals surface area contributed by atoms with Crippen LogP contribution in [-0.4, -0.2) is 30.0 Å². The Morgan fingerprint density at radius 2 is 1.84 bits per heavy atom. The van der Waals surface area contributed by atoms with Gasteiger partial charge in [0.05, 0.1) is 11.0 Å². The second-order valence-electron chi connectivity index (χ2n) is 4.79. The summed E-state index contributed by atoms with van der Waals surface area (Å²) in [5.41, 5.74) is 1.15. The first-order chi connectivity index (χ1) is 12.0. The number of thioether (sulfide) groups is 1. The Morgan fingerprint density at radius 3 is 2.32 bits per heavy atom. The molecule has 1 aliphatic heterocycles. The Kier molecular flexibility index (Phi) is 16.0. The zero-order valence-electron chi connectivity index (χ0n) is 16.7. The van der Waals surface area contributed by atoms with E-state index in [4.69, 9.17) is 0 Å². The zero-order chi connectivity index (χ0) is 20.0. The number of rotatable bonds is 2. The number of aliphatic imine (C=N–C) groups is 1. The lowest BCUT2D eigenvalue weighted by atomic mass is 9.97. The molecule has 2 unspecified atom stereocenters. The summed E-state index contributed by atoms with van der Waals surface area (Å²) >= 11 is 5.05. The van der Waals surface area contributed by atoms with E-state index in [0.29, 0.717) is 17.8 Å². The van der Waals surface area contributed by atoms with Gasteiger partial charge in [-0.05, 0) is 49.1 Å². The van der Waals surface area contributed by atoms with E-state index in [1.54, 1.807) is 25.3 Å². The third kappa shape index (κ3) is 8.27. The minimum absolute atomic E-state index is 0.0656. The predicted octanol–water partition coefficient (Wildman–Crippen LogP) is 5.70. The van der Waals surface area contributed by atoms with Crippen molar-refractivity contribution in [3.05, 3.63) is 29.6 Å². The summed E-state index contributed by atoms with van der Waals surface area (Å²) in [4.78, 5) is 16.7. The van der Waals surface area contributed by atoms with Gasteiger partial charge in [-0.25, -0.2) is 4.39 Å². The van der Waals surface area contributed by atoms with Crippen molar-refractivity contribution in [1.82, 2.24) is 0 Å². The highest BCUT2D eigenvalue weighted by Gasteiger charge is 2.34. The topological polar surface area (TPSA) is 41.5 Å². The van der Waals surface area contributed by atoms with Crippen molar-refractivity contribution < 1.29 is 9.18 Å². The number of nitrogens with one attached hydrogen (secondary N) is 1. The van der Waals surface area contributed by atoms with Gasteiger partial charge in [-0.15, -0.1) is 11.8 Å². The van der Waals surface area contributed by atoms with E-state index in [1.807, 2.05) is 40.9 Å². The van der Waals surface area contributed by atoms with Crippen LogP contribution in [0.4, 0.5) is 10.1 Å². The molecule has 0 aromatic heterocycles. The van der Waals surface area contributed by atoms with Crippen LogP contribution in [0, 0.1) is 24.6 Å². The molecule has 0 bridgehead atoms. The molecule has 25 heavy (non-hydrogen) atoms. The van der Waals surface area contributed by atoms with Crippen molar-refractivity contribution in [2.75, 3.05) is 24.4 Å². The van der Waals surface area contributed by atoms with Crippen molar-refractivity contribution in [3.8, 4) is 0 Å². The molecule has 0 fully saturated rings. The van der Waals surface area contributed by atoms with Gasteiger partial charge >= 0.3 is 0 Å². The summed E-state index contributed by atoms with van der Waals surface area (Å²) in [5, 5.41) is 3.73. The first-order valence-corrected chi connectivity index (χ1v) is 10.7. The van der Waals surface area contributed by atoms with Crippen LogP contribution in [0.2, 0.25) is 0 Å². The normalized spacial score (nSPS) is 17.6. The highest BCUT2D eigenvalue weighted by atomic mass is 32.2. The molecule has 2 rings (SSSR count). The first-order valence-electron chi connectivity index (χ1n) is 8.63. The summed E-state index contributed by atoms with van der Waals surface area (Å²) in [6.07, 6.45) is 3.62. The maximum atomic E-state index is 13.2. The number of amides is 1. The van der Waals surface area contributed by atoms with E-state index in [2.05, 4.69) is 22.9 Å². The number of nitrogens with zero attached hydrogens (tertiary/aromatic N) is 1. The van der Waals surface area contributed by atoms with Crippen LogP contribution in [0.3, 0.4) is 0 Å². The molecule has 144 valence electrons. The number of carbonyl (C=O) groups excluding carboxylic acids is 1. The second kappa shape index (κ2) is 15.3. The average molecular weight is 389 g/mol. The number of halogens is 1. The van der Waals surface area contributed by atoms with Crippen LogP contribution in [0.25, 0.3) is 0 Å². The Bertz CT molecular complexity index is 536. The van der Waals surface area contributed by atoms with Crippen molar-refractivity contribution in [2.24, 2.45) is 16.8 Å². The number of aryl methyl sites for hydroxylation is 1. The van der Waals surface area contributed by atoms with Crippen LogP contribution in [0.5, 0.6) is 0 Å². The fourth-order valence-electron chi connectivity index (χ4n) is 2.19. The summed E-state index contributed by atoms with van der Waals surface area (Å²) in [6, 6.07) is 4.59. The van der Waals surface area contributed by atoms with Crippen molar-refractivity contribution >= 4 is 41.0 Å². The molecule has 0 radical (unpaired) electrons. The summed E-state index contributed by atoms with van der Waals surface area (Å²) < 4.78 is 13.2. The van der Waals surface area contributed by atoms with Gasteiger partial charge in [-0.1, -0.05) is 34.6 Å². The van der Waals surface area contributed by atoms with Crippen LogP contribution >= 0.6 is 24.4 Å². The third-order valence-corrected chi connectivity index (χ3v) is 4.09. The van der Waals surface area contributed by atoms with Gasteiger partial charge in [0.1, 0.15) is 5.82 Å². The van der Waals surface area contributed by atoms with Gasteiger partial charge in [0.15, 0.2) is 0 Å². The van der Waals surface area contributed by atoms with Gasteiger partial charge in [0.25, 0.3) is 0 Å². The highest BCUT2D eigenvalue weighted by Crippen LogP contribution is 2.28. The smallest absolute Gasteiger partial charge is 0.234 e. The third-order valence-electron chi connectivity index (χ3n) is 3.29. The number of hydrogen-bond acceptors (Lipinski definition) is 4. The highest BCUT2D eigenvalue weighted by molar-refractivity contribution is 8.13. The van der Waals surface area contributed by atoms with E-state index in [0.717, 1.165) is 5.04 Å². The second-order valence-corrected chi connectivity index (χ2v) is 5.62. The minimum Gasteiger partial charge on any atom is -0.325 e. The monoisotopic (exact) mass is 388 g/mol. The van der Waals surface area contributed by atoms with Gasteiger partial charge in [0, 0.05) is 12.2 Å². The lowest BCUT2D eigenvalue weighted by Gasteiger charge is -2.16. The fourth-order valence-corrected chi connectivity index (χ4v) is 2.98. The molecule has 0 saturated heterocycles. The van der Waals surface area contributed by atoms with Crippen LogP contribution in [-0.2, 0) is 4.79 Å². The molecule has 1 N–H and O–H groups in total. The molecule has 3 nitrogen and oxygen atoms in total. The maximum Gasteiger partial charge on any atom is 0.234 e. The SMILES string of the molecule is CC.CC.CS.CSC1=NCC(C)C1C(=O)Nc1ccc(F)c(C)c1. The van der Waals surface area contributed by atoms with E-state index < -0.39 is 0 Å². The lowest BCUT2D eigenvalue weighted by Crippen LogP contribution is -2.30. The molecule has 0 aliphatic carbocycles. The summed E-state index contributed by atoms with van der Waals surface area (Å²) in [6.45, 7) is 12.4. The molecule has 1 heterocycles. The molecular weight excluding hydrogens is 355 g/mol. The first kappa shape index (κ1) is 26.2. The average Bonchev–Trinajstić information content (AvgIpc) is 3.04. The number of thiol groups is 1.